The first-order chi connectivity index (χ1) is 8.97. The number of amides is 1. The lowest BCUT2D eigenvalue weighted by Gasteiger charge is -2.06. The Morgan fingerprint density at radius 3 is 2.42 bits per heavy atom. The molecule has 2 aromatic rings. The Morgan fingerprint density at radius 2 is 1.84 bits per heavy atom. The van der Waals surface area contributed by atoms with Gasteiger partial charge in [-0.3, -0.25) is 4.79 Å². The summed E-state index contributed by atoms with van der Waals surface area (Å²) in [5, 5.41) is 7.21. The number of nitrogens with one attached hydrogen (secondary N) is 1. The Kier molecular flexibility index (Phi) is 3.69. The average molecular weight is 257 g/mol. The molecule has 2 rings (SSSR count). The van der Waals surface area contributed by atoms with E-state index in [0.29, 0.717) is 5.69 Å². The zero-order chi connectivity index (χ0) is 14.0. The van der Waals surface area contributed by atoms with E-state index in [4.69, 9.17) is 0 Å². The molecule has 0 radical (unpaired) electrons. The summed E-state index contributed by atoms with van der Waals surface area (Å²) >= 11 is 0. The van der Waals surface area contributed by atoms with Crippen LogP contribution in [0.25, 0.3) is 5.69 Å². The van der Waals surface area contributed by atoms with Crippen LogP contribution in [0.2, 0.25) is 0 Å². The second kappa shape index (κ2) is 5.26. The normalized spacial score (nSPS) is 10.8. The lowest BCUT2D eigenvalue weighted by atomic mass is 10.2. The highest BCUT2D eigenvalue weighted by atomic mass is 16.2. The monoisotopic (exact) mass is 257 g/mol. The molecule has 19 heavy (non-hydrogen) atoms. The van der Waals surface area contributed by atoms with Crippen LogP contribution >= 0.6 is 0 Å². The Bertz CT molecular complexity index is 582. The smallest absolute Gasteiger partial charge is 0.271 e. The maximum absolute atomic E-state index is 11.9. The van der Waals surface area contributed by atoms with E-state index in [1.807, 2.05) is 52.0 Å². The molecule has 0 saturated heterocycles. The van der Waals surface area contributed by atoms with Gasteiger partial charge in [-0.25, -0.2) is 4.68 Å². The van der Waals surface area contributed by atoms with Crippen molar-refractivity contribution in [2.75, 3.05) is 0 Å². The first kappa shape index (κ1) is 13.3. The molecule has 0 aliphatic heterocycles. The third kappa shape index (κ3) is 3.02. The summed E-state index contributed by atoms with van der Waals surface area (Å²) in [5.74, 6) is -0.135. The summed E-state index contributed by atoms with van der Waals surface area (Å²) in [6, 6.07) is 9.97. The molecule has 0 bridgehead atoms. The van der Waals surface area contributed by atoms with E-state index in [9.17, 15) is 4.79 Å². The third-order valence-corrected chi connectivity index (χ3v) is 2.82. The van der Waals surface area contributed by atoms with Gasteiger partial charge in [0.15, 0.2) is 5.69 Å². The van der Waals surface area contributed by atoms with Crippen molar-refractivity contribution < 1.29 is 4.79 Å². The van der Waals surface area contributed by atoms with E-state index in [-0.39, 0.29) is 11.9 Å². The van der Waals surface area contributed by atoms with Crippen molar-refractivity contribution in [1.29, 1.82) is 0 Å². The summed E-state index contributed by atoms with van der Waals surface area (Å²) in [7, 11) is 0. The van der Waals surface area contributed by atoms with E-state index in [1.165, 1.54) is 5.56 Å². The molecule has 0 saturated carbocycles. The van der Waals surface area contributed by atoms with Crippen molar-refractivity contribution in [2.45, 2.75) is 33.7 Å². The van der Waals surface area contributed by atoms with Gasteiger partial charge >= 0.3 is 0 Å². The molecule has 1 aromatic carbocycles. The molecule has 0 aliphatic carbocycles. The van der Waals surface area contributed by atoms with Crippen molar-refractivity contribution in [2.24, 2.45) is 0 Å². The van der Waals surface area contributed by atoms with Gasteiger partial charge in [0.1, 0.15) is 0 Å². The number of benzene rings is 1. The lowest BCUT2D eigenvalue weighted by molar-refractivity contribution is 0.0937. The zero-order valence-corrected chi connectivity index (χ0v) is 11.8. The molecule has 4 heteroatoms. The molecule has 4 nitrogen and oxygen atoms in total. The van der Waals surface area contributed by atoms with Crippen LogP contribution in [-0.2, 0) is 0 Å². The summed E-state index contributed by atoms with van der Waals surface area (Å²) in [6.07, 6.45) is 0. The zero-order valence-electron chi connectivity index (χ0n) is 11.8. The highest BCUT2D eigenvalue weighted by Crippen LogP contribution is 2.13. The minimum Gasteiger partial charge on any atom is -0.348 e. The largest absolute Gasteiger partial charge is 0.348 e. The second-order valence-electron chi connectivity index (χ2n) is 5.05. The van der Waals surface area contributed by atoms with E-state index in [2.05, 4.69) is 10.4 Å². The Balaban J connectivity index is 2.31. The predicted octanol–water partition coefficient (Wildman–Crippen LogP) is 2.63. The van der Waals surface area contributed by atoms with Gasteiger partial charge in [-0.15, -0.1) is 0 Å². The van der Waals surface area contributed by atoms with Gasteiger partial charge in [-0.05, 0) is 45.9 Å². The topological polar surface area (TPSA) is 46.9 Å². The highest BCUT2D eigenvalue weighted by Gasteiger charge is 2.13. The van der Waals surface area contributed by atoms with Gasteiger partial charge in [0.25, 0.3) is 5.91 Å². The fraction of sp³-hybridized carbons (Fsp3) is 0.333. The van der Waals surface area contributed by atoms with E-state index < -0.39 is 0 Å². The Hall–Kier alpha value is -2.10. The van der Waals surface area contributed by atoms with Gasteiger partial charge < -0.3 is 5.32 Å². The SMILES string of the molecule is Cc1ccc(-n2nc(C(=O)NC(C)C)cc2C)cc1. The maximum Gasteiger partial charge on any atom is 0.271 e. The number of nitrogens with zero attached hydrogens (tertiary/aromatic N) is 2. The fourth-order valence-corrected chi connectivity index (χ4v) is 1.87. The molecule has 0 aliphatic rings. The molecule has 1 heterocycles. The highest BCUT2D eigenvalue weighted by molar-refractivity contribution is 5.92. The number of carbonyl (C=O) groups excluding carboxylic acids is 1. The minimum atomic E-state index is -0.135. The molecule has 100 valence electrons. The first-order valence-electron chi connectivity index (χ1n) is 6.42. The maximum atomic E-state index is 11.9. The van der Waals surface area contributed by atoms with Crippen LogP contribution in [0, 0.1) is 13.8 Å². The number of aryl methyl sites for hydroxylation is 2. The Morgan fingerprint density at radius 1 is 1.21 bits per heavy atom. The fourth-order valence-electron chi connectivity index (χ4n) is 1.87. The van der Waals surface area contributed by atoms with Crippen molar-refractivity contribution >= 4 is 5.91 Å². The molecule has 1 N–H and O–H groups in total. The number of carbonyl (C=O) groups is 1. The van der Waals surface area contributed by atoms with Crippen molar-refractivity contribution in [3.05, 3.63) is 47.3 Å². The van der Waals surface area contributed by atoms with Crippen LogP contribution < -0.4 is 5.32 Å². The van der Waals surface area contributed by atoms with E-state index in [0.717, 1.165) is 11.4 Å². The molecular weight excluding hydrogens is 238 g/mol. The summed E-state index contributed by atoms with van der Waals surface area (Å²) in [4.78, 5) is 11.9. The Labute approximate surface area is 113 Å². The number of aromatic nitrogens is 2. The summed E-state index contributed by atoms with van der Waals surface area (Å²) < 4.78 is 1.79. The average Bonchev–Trinajstić information content (AvgIpc) is 2.72. The van der Waals surface area contributed by atoms with Crippen LogP contribution in [0.5, 0.6) is 0 Å². The van der Waals surface area contributed by atoms with E-state index >= 15 is 0 Å². The number of rotatable bonds is 3. The summed E-state index contributed by atoms with van der Waals surface area (Å²) in [6.45, 7) is 7.85. The van der Waals surface area contributed by atoms with Crippen LogP contribution in [0.3, 0.4) is 0 Å². The quantitative estimate of drug-likeness (QED) is 0.918. The molecule has 1 amide bonds. The number of hydrogen-bond acceptors (Lipinski definition) is 2. The van der Waals surface area contributed by atoms with Crippen LogP contribution in [0.15, 0.2) is 30.3 Å². The standard InChI is InChI=1S/C15H19N3O/c1-10(2)16-15(19)14-9-12(4)18(17-14)13-7-5-11(3)6-8-13/h5-10H,1-4H3,(H,16,19). The molecule has 0 atom stereocenters. The molecule has 0 unspecified atom stereocenters. The van der Waals surface area contributed by atoms with Gasteiger partial charge in [-0.2, -0.15) is 5.10 Å². The molecule has 1 aromatic heterocycles. The van der Waals surface area contributed by atoms with Gasteiger partial charge in [-0.1, -0.05) is 17.7 Å². The second-order valence-corrected chi connectivity index (χ2v) is 5.05. The molecular formula is C15H19N3O. The first-order valence-corrected chi connectivity index (χ1v) is 6.42. The van der Waals surface area contributed by atoms with Crippen LogP contribution in [0.4, 0.5) is 0 Å². The predicted molar refractivity (Wildman–Crippen MR) is 75.6 cm³/mol. The van der Waals surface area contributed by atoms with Gasteiger partial charge in [0.2, 0.25) is 0 Å². The third-order valence-electron chi connectivity index (χ3n) is 2.82. The lowest BCUT2D eigenvalue weighted by Crippen LogP contribution is -2.30. The van der Waals surface area contributed by atoms with Crippen molar-refractivity contribution in [3.63, 3.8) is 0 Å². The summed E-state index contributed by atoms with van der Waals surface area (Å²) in [5.41, 5.74) is 3.56. The van der Waals surface area contributed by atoms with E-state index in [1.54, 1.807) is 10.7 Å². The van der Waals surface area contributed by atoms with Gasteiger partial charge in [0, 0.05) is 11.7 Å². The van der Waals surface area contributed by atoms with Crippen molar-refractivity contribution in [1.82, 2.24) is 15.1 Å². The van der Waals surface area contributed by atoms with Gasteiger partial charge in [0.05, 0.1) is 5.69 Å². The van der Waals surface area contributed by atoms with Crippen LogP contribution in [0.1, 0.15) is 35.6 Å². The van der Waals surface area contributed by atoms with Crippen LogP contribution in [-0.4, -0.2) is 21.7 Å². The molecule has 0 fully saturated rings. The number of hydrogen-bond donors (Lipinski definition) is 1. The van der Waals surface area contributed by atoms with Crippen molar-refractivity contribution in [3.8, 4) is 5.69 Å². The molecule has 0 spiro atoms. The minimum absolute atomic E-state index is 0.109.